The van der Waals surface area contributed by atoms with Crippen LogP contribution in [0.1, 0.15) is 26.4 Å². The van der Waals surface area contributed by atoms with Crippen LogP contribution in [0.25, 0.3) is 11.3 Å². The van der Waals surface area contributed by atoms with E-state index in [4.69, 9.17) is 0 Å². The lowest BCUT2D eigenvalue weighted by molar-refractivity contribution is 0.0684. The second kappa shape index (κ2) is 6.72. The summed E-state index contributed by atoms with van der Waals surface area (Å²) >= 11 is 1.28. The summed E-state index contributed by atoms with van der Waals surface area (Å²) < 4.78 is 0. The third kappa shape index (κ3) is 2.99. The van der Waals surface area contributed by atoms with E-state index in [1.165, 1.54) is 16.7 Å². The first-order valence-electron chi connectivity index (χ1n) is 8.12. The van der Waals surface area contributed by atoms with E-state index in [2.05, 4.69) is 9.97 Å². The molecule has 4 rings (SSSR count). The van der Waals surface area contributed by atoms with E-state index in [0.717, 1.165) is 17.0 Å². The average Bonchev–Trinajstić information content (AvgIpc) is 2.91. The van der Waals surface area contributed by atoms with Gasteiger partial charge < -0.3 is 0 Å². The van der Waals surface area contributed by atoms with Crippen LogP contribution in [0.15, 0.2) is 65.8 Å². The summed E-state index contributed by atoms with van der Waals surface area (Å²) in [5.41, 5.74) is 3.56. The Morgan fingerprint density at radius 2 is 1.50 bits per heavy atom. The third-order valence-electron chi connectivity index (χ3n) is 4.10. The molecule has 1 aliphatic rings. The van der Waals surface area contributed by atoms with E-state index >= 15 is 0 Å². The molecule has 0 unspecified atom stereocenters. The molecule has 3 aromatic rings. The molecule has 0 saturated carbocycles. The first-order chi connectivity index (χ1) is 12.6. The fraction of sp³-hybridized carbons (Fsp3) is 0.100. The van der Waals surface area contributed by atoms with Gasteiger partial charge in [0, 0.05) is 11.3 Å². The second-order valence-electron chi connectivity index (χ2n) is 5.90. The number of hydrogen-bond donors (Lipinski definition) is 0. The predicted octanol–water partition coefficient (Wildman–Crippen LogP) is 3.80. The number of thioether (sulfide) groups is 1. The molecule has 1 aromatic heterocycles. The van der Waals surface area contributed by atoms with Gasteiger partial charge in [0.2, 0.25) is 0 Å². The van der Waals surface area contributed by atoms with Gasteiger partial charge in [-0.15, -0.1) is 0 Å². The highest BCUT2D eigenvalue weighted by molar-refractivity contribution is 7.99. The Hall–Kier alpha value is -2.99. The minimum absolute atomic E-state index is 0.185. The van der Waals surface area contributed by atoms with Crippen LogP contribution in [-0.2, 0) is 0 Å². The maximum Gasteiger partial charge on any atom is 0.262 e. The Morgan fingerprint density at radius 3 is 2.15 bits per heavy atom. The van der Waals surface area contributed by atoms with E-state index in [1.54, 1.807) is 24.3 Å². The molecule has 26 heavy (non-hydrogen) atoms. The molecule has 6 heteroatoms. The molecule has 0 bridgehead atoms. The summed E-state index contributed by atoms with van der Waals surface area (Å²) in [7, 11) is 0. The molecule has 128 valence electrons. The molecule has 1 aliphatic heterocycles. The number of imide groups is 1. The van der Waals surface area contributed by atoms with Crippen molar-refractivity contribution in [2.75, 3.05) is 5.88 Å². The molecule has 0 N–H and O–H groups in total. The smallest absolute Gasteiger partial charge is 0.262 e. The molecule has 0 spiro atoms. The molecule has 5 nitrogen and oxygen atoms in total. The van der Waals surface area contributed by atoms with Crippen molar-refractivity contribution in [3.63, 3.8) is 0 Å². The molecule has 0 atom stereocenters. The van der Waals surface area contributed by atoms with Crippen molar-refractivity contribution in [2.45, 2.75) is 12.1 Å². The topological polar surface area (TPSA) is 63.2 Å². The van der Waals surface area contributed by atoms with Crippen molar-refractivity contribution in [3.05, 3.63) is 77.5 Å². The standard InChI is InChI=1S/C20H15N3O2S/c1-13-11-17(14-7-3-2-4-8-14)22-20(21-13)26-12-23-18(24)15-9-5-6-10-16(15)19(23)25/h2-11H,12H2,1H3. The fourth-order valence-corrected chi connectivity index (χ4v) is 3.69. The Balaban J connectivity index is 1.55. The SMILES string of the molecule is Cc1cc(-c2ccccc2)nc(SCN2C(=O)c3ccccc3C2=O)n1. The zero-order chi connectivity index (χ0) is 18.1. The summed E-state index contributed by atoms with van der Waals surface area (Å²) in [6, 6.07) is 18.6. The van der Waals surface area contributed by atoms with Crippen molar-refractivity contribution in [1.82, 2.24) is 14.9 Å². The van der Waals surface area contributed by atoms with E-state index in [9.17, 15) is 9.59 Å². The number of nitrogens with zero attached hydrogens (tertiary/aromatic N) is 3. The van der Waals surface area contributed by atoms with Gasteiger partial charge >= 0.3 is 0 Å². The zero-order valence-corrected chi connectivity index (χ0v) is 14.9. The van der Waals surface area contributed by atoms with Gasteiger partial charge in [0.05, 0.1) is 22.7 Å². The summed E-state index contributed by atoms with van der Waals surface area (Å²) in [5.74, 6) is -0.354. The minimum atomic E-state index is -0.269. The highest BCUT2D eigenvalue weighted by Crippen LogP contribution is 2.27. The molecule has 0 fully saturated rings. The van der Waals surface area contributed by atoms with Gasteiger partial charge in [0.1, 0.15) is 0 Å². The molecule has 0 saturated heterocycles. The first kappa shape index (κ1) is 16.5. The van der Waals surface area contributed by atoms with E-state index in [1.807, 2.05) is 43.3 Å². The van der Waals surface area contributed by atoms with Gasteiger partial charge in [-0.05, 0) is 25.1 Å². The van der Waals surface area contributed by atoms with Crippen LogP contribution in [0, 0.1) is 6.92 Å². The van der Waals surface area contributed by atoms with Crippen LogP contribution in [0.4, 0.5) is 0 Å². The highest BCUT2D eigenvalue weighted by Gasteiger charge is 2.35. The molecule has 2 heterocycles. The number of carbonyl (C=O) groups excluding carboxylic acids is 2. The summed E-state index contributed by atoms with van der Waals surface area (Å²) in [5, 5.41) is 0.542. The Bertz CT molecular complexity index is 970. The minimum Gasteiger partial charge on any atom is -0.269 e. The van der Waals surface area contributed by atoms with Gasteiger partial charge in [-0.25, -0.2) is 9.97 Å². The monoisotopic (exact) mass is 361 g/mol. The van der Waals surface area contributed by atoms with Crippen molar-refractivity contribution in [2.24, 2.45) is 0 Å². The molecule has 2 aromatic carbocycles. The number of fused-ring (bicyclic) bond motifs is 1. The van der Waals surface area contributed by atoms with E-state index < -0.39 is 0 Å². The zero-order valence-electron chi connectivity index (χ0n) is 14.0. The second-order valence-corrected chi connectivity index (χ2v) is 6.81. The first-order valence-corrected chi connectivity index (χ1v) is 9.11. The Kier molecular flexibility index (Phi) is 4.26. The number of hydrogen-bond acceptors (Lipinski definition) is 5. The van der Waals surface area contributed by atoms with Crippen molar-refractivity contribution >= 4 is 23.6 Å². The number of rotatable bonds is 4. The maximum absolute atomic E-state index is 12.4. The fourth-order valence-electron chi connectivity index (χ4n) is 2.84. The van der Waals surface area contributed by atoms with Crippen molar-refractivity contribution < 1.29 is 9.59 Å². The van der Waals surface area contributed by atoms with Crippen LogP contribution in [0.5, 0.6) is 0 Å². The molecule has 0 aliphatic carbocycles. The lowest BCUT2D eigenvalue weighted by Crippen LogP contribution is -2.29. The number of aryl methyl sites for hydroxylation is 1. The van der Waals surface area contributed by atoms with E-state index in [-0.39, 0.29) is 17.7 Å². The lowest BCUT2D eigenvalue weighted by Gasteiger charge is -2.13. The summed E-state index contributed by atoms with van der Waals surface area (Å²) in [6.45, 7) is 1.90. The molecule has 0 radical (unpaired) electrons. The van der Waals surface area contributed by atoms with E-state index in [0.29, 0.717) is 16.3 Å². The average molecular weight is 361 g/mol. The van der Waals surface area contributed by atoms with Crippen LogP contribution < -0.4 is 0 Å². The van der Waals surface area contributed by atoms with Crippen LogP contribution in [0.2, 0.25) is 0 Å². The van der Waals surface area contributed by atoms with Gasteiger partial charge in [-0.1, -0.05) is 54.2 Å². The predicted molar refractivity (Wildman–Crippen MR) is 99.9 cm³/mol. The number of carbonyl (C=O) groups is 2. The maximum atomic E-state index is 12.4. The molecular weight excluding hydrogens is 346 g/mol. The Morgan fingerprint density at radius 1 is 0.885 bits per heavy atom. The largest absolute Gasteiger partial charge is 0.269 e. The third-order valence-corrected chi connectivity index (χ3v) is 4.93. The molecule has 2 amide bonds. The Labute approximate surface area is 155 Å². The van der Waals surface area contributed by atoms with Crippen molar-refractivity contribution in [3.8, 4) is 11.3 Å². The number of aromatic nitrogens is 2. The van der Waals surface area contributed by atoms with Crippen LogP contribution >= 0.6 is 11.8 Å². The van der Waals surface area contributed by atoms with Crippen LogP contribution in [0.3, 0.4) is 0 Å². The quantitative estimate of drug-likeness (QED) is 0.402. The van der Waals surface area contributed by atoms with Gasteiger partial charge in [-0.3, -0.25) is 14.5 Å². The number of benzene rings is 2. The summed E-state index contributed by atoms with van der Waals surface area (Å²) in [4.78, 5) is 35.1. The summed E-state index contributed by atoms with van der Waals surface area (Å²) in [6.07, 6.45) is 0. The molecular formula is C20H15N3O2S. The van der Waals surface area contributed by atoms with Gasteiger partial charge in [0.25, 0.3) is 11.8 Å². The van der Waals surface area contributed by atoms with Gasteiger partial charge in [-0.2, -0.15) is 0 Å². The van der Waals surface area contributed by atoms with Crippen molar-refractivity contribution in [1.29, 1.82) is 0 Å². The highest BCUT2D eigenvalue weighted by atomic mass is 32.2. The van der Waals surface area contributed by atoms with Gasteiger partial charge in [0.15, 0.2) is 5.16 Å². The van der Waals surface area contributed by atoms with Crippen LogP contribution in [-0.4, -0.2) is 32.6 Å². The normalized spacial score (nSPS) is 13.2. The lowest BCUT2D eigenvalue weighted by atomic mass is 10.1. The number of amides is 2.